The van der Waals surface area contributed by atoms with Crippen molar-refractivity contribution in [2.75, 3.05) is 0 Å². The number of rotatable bonds is 10. The fourth-order valence-corrected chi connectivity index (χ4v) is 13.7. The van der Waals surface area contributed by atoms with Crippen molar-refractivity contribution in [1.29, 1.82) is 0 Å². The summed E-state index contributed by atoms with van der Waals surface area (Å²) >= 11 is 0. The molecular formula is C65H52N4OSi. The minimum absolute atomic E-state index is 0.0607. The zero-order chi connectivity index (χ0) is 52.5. The third-order valence-electron chi connectivity index (χ3n) is 13.8. The van der Waals surface area contributed by atoms with E-state index < -0.39 is 26.2 Å². The first-order chi connectivity index (χ1) is 36.8. The van der Waals surface area contributed by atoms with Gasteiger partial charge in [-0.3, -0.25) is 13.7 Å². The van der Waals surface area contributed by atoms with E-state index in [9.17, 15) is 2.74 Å². The van der Waals surface area contributed by atoms with E-state index in [2.05, 4.69) is 172 Å². The predicted octanol–water partition coefficient (Wildman–Crippen LogP) is 13.7. The van der Waals surface area contributed by atoms with Crippen LogP contribution in [0.5, 0.6) is 11.5 Å². The molecule has 6 heteroatoms. The fourth-order valence-electron chi connectivity index (χ4n) is 10.2. The van der Waals surface area contributed by atoms with Crippen LogP contribution in [0.4, 0.5) is 0 Å². The highest BCUT2D eigenvalue weighted by atomic mass is 28.3. The predicted molar refractivity (Wildman–Crippen MR) is 295 cm³/mol. The van der Waals surface area contributed by atoms with Crippen LogP contribution in [-0.4, -0.2) is 22.2 Å². The monoisotopic (exact) mass is 937 g/mol. The van der Waals surface area contributed by atoms with Gasteiger partial charge in [0.15, 0.2) is 0 Å². The summed E-state index contributed by atoms with van der Waals surface area (Å²) in [5, 5.41) is 5.96. The highest BCUT2D eigenvalue weighted by Gasteiger charge is 2.34. The largest absolute Gasteiger partial charge is 0.458 e. The number of nitrogens with zero attached hydrogens (tertiary/aromatic N) is 4. The molecule has 0 bridgehead atoms. The van der Waals surface area contributed by atoms with E-state index in [1.807, 2.05) is 88.1 Å². The molecule has 342 valence electrons. The molecular weight excluding hydrogens is 881 g/mol. The third kappa shape index (κ3) is 7.83. The minimum atomic E-state index is -2.59. The quantitative estimate of drug-likeness (QED) is 0.0593. The highest BCUT2D eigenvalue weighted by molar-refractivity contribution is 7.10. The van der Waals surface area contributed by atoms with Gasteiger partial charge in [-0.15, -0.1) is 0 Å². The van der Waals surface area contributed by atoms with E-state index in [1.165, 1.54) is 21.1 Å². The number of ether oxygens (including phenoxy) is 1. The molecule has 12 aromatic rings. The zero-order valence-corrected chi connectivity index (χ0v) is 40.9. The Labute approximate surface area is 423 Å². The molecule has 0 radical (unpaired) electrons. The number of hydrogen-bond acceptors (Lipinski definition) is 2. The van der Waals surface area contributed by atoms with Crippen molar-refractivity contribution in [2.45, 2.75) is 32.7 Å². The summed E-state index contributed by atoms with van der Waals surface area (Å²) in [6, 6.07) is 68.9. The molecule has 0 aliphatic rings. The van der Waals surface area contributed by atoms with Crippen LogP contribution in [0, 0.1) is 6.33 Å². The Morgan fingerprint density at radius 2 is 1.18 bits per heavy atom. The number of aromatic nitrogens is 4. The van der Waals surface area contributed by atoms with Gasteiger partial charge in [-0.1, -0.05) is 209 Å². The van der Waals surface area contributed by atoms with Crippen molar-refractivity contribution in [3.05, 3.63) is 255 Å². The Kier molecular flexibility index (Phi) is 9.57. The normalized spacial score (nSPS) is 12.9. The molecule has 0 spiro atoms. The number of para-hydroxylation sites is 4. The van der Waals surface area contributed by atoms with Crippen LogP contribution in [0.15, 0.2) is 243 Å². The van der Waals surface area contributed by atoms with E-state index in [-0.39, 0.29) is 23.1 Å². The Balaban J connectivity index is 1.02. The van der Waals surface area contributed by atoms with Crippen LogP contribution in [0.1, 0.15) is 33.2 Å². The summed E-state index contributed by atoms with van der Waals surface area (Å²) < 4.78 is 57.6. The topological polar surface area (TPSA) is 35.9 Å². The molecule has 0 saturated carbocycles. The zero-order valence-electron chi connectivity index (χ0n) is 44.9. The van der Waals surface area contributed by atoms with Gasteiger partial charge in [-0.25, -0.2) is 4.98 Å². The standard InChI is InChI=1S/C65H52N4OSi/c1-65(2,3)48-39-40-66-63(42-48)69-59-34-15-14-31-57(59)58-38-37-51(44-62(58)69)70-50-25-19-24-49(43-50)67-45-68(61-36-17-16-35-60(61)67)64-55(46-21-8-5-9-22-46)32-20-33-56(64)47-23-18-30-54(41-47)71(4,52-26-10-6-11-27-52)53-28-12-7-13-29-53/h5-44H,1-4H3/i5D,8D,9D,21D,22D. The second kappa shape index (κ2) is 17.7. The molecule has 71 heavy (non-hydrogen) atoms. The van der Waals surface area contributed by atoms with Gasteiger partial charge >= 0.3 is 0 Å². The van der Waals surface area contributed by atoms with Crippen molar-refractivity contribution < 1.29 is 16.2 Å². The van der Waals surface area contributed by atoms with Crippen molar-refractivity contribution in [3.8, 4) is 50.9 Å². The molecule has 0 fully saturated rings. The molecule has 0 unspecified atom stereocenters. The van der Waals surface area contributed by atoms with Crippen LogP contribution < -0.4 is 24.9 Å². The van der Waals surface area contributed by atoms with Crippen LogP contribution in [0.25, 0.3) is 72.3 Å². The molecule has 9 aromatic carbocycles. The van der Waals surface area contributed by atoms with Gasteiger partial charge in [0.05, 0.1) is 40.3 Å². The summed E-state index contributed by atoms with van der Waals surface area (Å²) in [4.78, 5) is 4.88. The first-order valence-corrected chi connectivity index (χ1v) is 26.5. The third-order valence-corrected chi connectivity index (χ3v) is 18.3. The lowest BCUT2D eigenvalue weighted by Crippen LogP contribution is -2.64. The van der Waals surface area contributed by atoms with Gasteiger partial charge in [0.25, 0.3) is 6.33 Å². The van der Waals surface area contributed by atoms with Crippen molar-refractivity contribution in [1.82, 2.24) is 14.1 Å². The molecule has 0 N–H and O–H groups in total. The summed E-state index contributed by atoms with van der Waals surface area (Å²) in [5.41, 5.74) is 8.48. The van der Waals surface area contributed by atoms with E-state index in [0.29, 0.717) is 22.7 Å². The maximum atomic E-state index is 9.28. The first kappa shape index (κ1) is 38.3. The SMILES string of the molecule is [2H]c1c([2H])c([2H])c(-c2cccc(-c3cccc([Si](C)(c4ccccc4)c4ccccc4)c3)c2-[n+]2[c-]n(-c3cccc(Oc4ccc5c6ccccc6n(-c6cc(C(C)(C)C)ccn6)c5c4)c3)c3ccccc32)c([2H])c1[2H]. The molecule has 0 amide bonds. The number of fused-ring (bicyclic) bond motifs is 4. The smallest absolute Gasteiger partial charge is 0.269 e. The van der Waals surface area contributed by atoms with Gasteiger partial charge in [-0.2, -0.15) is 0 Å². The molecule has 0 saturated heterocycles. The van der Waals surface area contributed by atoms with Crippen LogP contribution >= 0.6 is 0 Å². The lowest BCUT2D eigenvalue weighted by molar-refractivity contribution is -0.571. The minimum Gasteiger partial charge on any atom is -0.458 e. The molecule has 5 nitrogen and oxygen atoms in total. The van der Waals surface area contributed by atoms with Crippen molar-refractivity contribution in [3.63, 3.8) is 0 Å². The number of imidazole rings is 1. The first-order valence-electron chi connectivity index (χ1n) is 26.5. The number of pyridine rings is 1. The van der Waals surface area contributed by atoms with Gasteiger partial charge in [0, 0.05) is 23.0 Å². The average Bonchev–Trinajstić information content (AvgIpc) is 4.02. The average molecular weight is 938 g/mol. The van der Waals surface area contributed by atoms with E-state index >= 15 is 0 Å². The van der Waals surface area contributed by atoms with E-state index in [1.54, 1.807) is 0 Å². The second-order valence-corrected chi connectivity index (χ2v) is 23.2. The lowest BCUT2D eigenvalue weighted by Gasteiger charge is -2.30. The molecule has 0 atom stereocenters. The Morgan fingerprint density at radius 3 is 1.94 bits per heavy atom. The molecule has 3 aromatic heterocycles. The van der Waals surface area contributed by atoms with Gasteiger partial charge in [0.1, 0.15) is 25.4 Å². The summed E-state index contributed by atoms with van der Waals surface area (Å²) in [6.45, 7) is 9.02. The van der Waals surface area contributed by atoms with Crippen LogP contribution in [0.2, 0.25) is 6.55 Å². The van der Waals surface area contributed by atoms with Crippen LogP contribution in [0.3, 0.4) is 0 Å². The van der Waals surface area contributed by atoms with E-state index in [4.69, 9.17) is 13.8 Å². The second-order valence-electron chi connectivity index (χ2n) is 19.2. The van der Waals surface area contributed by atoms with Gasteiger partial charge < -0.3 is 4.74 Å². The van der Waals surface area contributed by atoms with Crippen LogP contribution in [-0.2, 0) is 5.41 Å². The Morgan fingerprint density at radius 1 is 0.549 bits per heavy atom. The summed E-state index contributed by atoms with van der Waals surface area (Å²) in [7, 11) is -2.59. The maximum Gasteiger partial charge on any atom is 0.269 e. The lowest BCUT2D eigenvalue weighted by atomic mass is 9.88. The van der Waals surface area contributed by atoms with E-state index in [0.717, 1.165) is 55.5 Å². The Bertz CT molecular complexity index is 4160. The molecule has 0 aliphatic carbocycles. The number of hydrogen-bond donors (Lipinski definition) is 0. The Hall–Kier alpha value is -8.58. The molecule has 3 heterocycles. The fraction of sp³-hybridized carbons (Fsp3) is 0.0769. The summed E-state index contributed by atoms with van der Waals surface area (Å²) in [5.74, 6) is 2.12. The highest BCUT2D eigenvalue weighted by Crippen LogP contribution is 2.38. The summed E-state index contributed by atoms with van der Waals surface area (Å²) in [6.07, 6.45) is 5.60. The van der Waals surface area contributed by atoms with Gasteiger partial charge in [0.2, 0.25) is 0 Å². The maximum absolute atomic E-state index is 9.28. The van der Waals surface area contributed by atoms with Crippen molar-refractivity contribution >= 4 is 56.5 Å². The van der Waals surface area contributed by atoms with Gasteiger partial charge in [-0.05, 0) is 97.3 Å². The number of benzene rings is 9. The molecule has 12 rings (SSSR count). The van der Waals surface area contributed by atoms with Crippen molar-refractivity contribution in [2.24, 2.45) is 0 Å². The molecule has 0 aliphatic heterocycles.